The van der Waals surface area contributed by atoms with Crippen LogP contribution in [0.5, 0.6) is 0 Å². The summed E-state index contributed by atoms with van der Waals surface area (Å²) >= 11 is 2.88. The average molecular weight is 529 g/mol. The summed E-state index contributed by atoms with van der Waals surface area (Å²) in [5.74, 6) is -0.856. The summed E-state index contributed by atoms with van der Waals surface area (Å²) in [5, 5.41) is 12.2. The fourth-order valence-corrected chi connectivity index (χ4v) is 6.06. The van der Waals surface area contributed by atoms with Gasteiger partial charge < -0.3 is 14.8 Å². The van der Waals surface area contributed by atoms with Gasteiger partial charge in [-0.3, -0.25) is 9.36 Å². The van der Waals surface area contributed by atoms with E-state index in [4.69, 9.17) is 9.47 Å². The van der Waals surface area contributed by atoms with Crippen LogP contribution in [0.4, 0.5) is 5.00 Å². The standard InChI is InChI=1S/C25H28N4O5S2/c1-15-27-28-25(35-3)29(15)17-12-10-16(11-13-17)23(31)34-14-20(30)26-22-21(24(32)33-2)18-8-6-4-5-7-9-19(18)36-22/h10-13H,4-9,14H2,1-3H3,(H,26,30). The van der Waals surface area contributed by atoms with E-state index in [1.54, 1.807) is 24.3 Å². The second kappa shape index (κ2) is 11.7. The normalized spacial score (nSPS) is 13.3. The molecule has 1 N–H and O–H groups in total. The zero-order valence-electron chi connectivity index (χ0n) is 20.5. The summed E-state index contributed by atoms with van der Waals surface area (Å²) in [6, 6.07) is 6.81. The van der Waals surface area contributed by atoms with Gasteiger partial charge in [0.2, 0.25) is 0 Å². The second-order valence-electron chi connectivity index (χ2n) is 8.35. The number of rotatable bonds is 7. The first-order valence-electron chi connectivity index (χ1n) is 11.7. The Balaban J connectivity index is 1.41. The molecule has 11 heteroatoms. The quantitative estimate of drug-likeness (QED) is 0.350. The maximum atomic E-state index is 12.6. The summed E-state index contributed by atoms with van der Waals surface area (Å²) in [4.78, 5) is 38.8. The third kappa shape index (κ3) is 5.62. The van der Waals surface area contributed by atoms with Crippen molar-refractivity contribution in [2.24, 2.45) is 0 Å². The minimum Gasteiger partial charge on any atom is -0.465 e. The summed E-state index contributed by atoms with van der Waals surface area (Å²) < 4.78 is 12.1. The molecular weight excluding hydrogens is 500 g/mol. The molecule has 0 unspecified atom stereocenters. The molecule has 3 aromatic rings. The first kappa shape index (κ1) is 25.9. The molecule has 0 saturated heterocycles. The van der Waals surface area contributed by atoms with Crippen LogP contribution in [0.2, 0.25) is 0 Å². The van der Waals surface area contributed by atoms with Gasteiger partial charge in [-0.05, 0) is 68.7 Å². The molecule has 190 valence electrons. The van der Waals surface area contributed by atoms with Crippen molar-refractivity contribution in [1.82, 2.24) is 14.8 Å². The fraction of sp³-hybridized carbons (Fsp3) is 0.400. The number of esters is 2. The highest BCUT2D eigenvalue weighted by atomic mass is 32.2. The number of benzene rings is 1. The molecule has 0 aliphatic heterocycles. The Morgan fingerprint density at radius 3 is 2.47 bits per heavy atom. The summed E-state index contributed by atoms with van der Waals surface area (Å²) in [5.41, 5.74) is 2.52. The Kier molecular flexibility index (Phi) is 8.42. The van der Waals surface area contributed by atoms with Crippen LogP contribution in [0, 0.1) is 6.92 Å². The lowest BCUT2D eigenvalue weighted by Crippen LogP contribution is -2.21. The predicted molar refractivity (Wildman–Crippen MR) is 138 cm³/mol. The smallest absolute Gasteiger partial charge is 0.341 e. The number of carbonyl (C=O) groups excluding carboxylic acids is 3. The van der Waals surface area contributed by atoms with E-state index in [-0.39, 0.29) is 0 Å². The van der Waals surface area contributed by atoms with Gasteiger partial charge in [-0.1, -0.05) is 24.6 Å². The molecular formula is C25H28N4O5S2. The first-order chi connectivity index (χ1) is 17.4. The van der Waals surface area contributed by atoms with E-state index in [0.717, 1.165) is 65.6 Å². The van der Waals surface area contributed by atoms with Gasteiger partial charge in [0.05, 0.1) is 18.2 Å². The molecule has 0 spiro atoms. The largest absolute Gasteiger partial charge is 0.465 e. The number of amides is 1. The van der Waals surface area contributed by atoms with E-state index in [1.807, 2.05) is 17.7 Å². The minimum atomic E-state index is -0.617. The van der Waals surface area contributed by atoms with Crippen LogP contribution in [-0.4, -0.2) is 52.6 Å². The number of aromatic nitrogens is 3. The van der Waals surface area contributed by atoms with Crippen LogP contribution in [-0.2, 0) is 27.1 Å². The van der Waals surface area contributed by atoms with Gasteiger partial charge in [-0.2, -0.15) is 0 Å². The van der Waals surface area contributed by atoms with Gasteiger partial charge >= 0.3 is 11.9 Å². The van der Waals surface area contributed by atoms with Crippen molar-refractivity contribution in [1.29, 1.82) is 0 Å². The molecule has 36 heavy (non-hydrogen) atoms. The number of anilines is 1. The van der Waals surface area contributed by atoms with Crippen LogP contribution in [0.15, 0.2) is 29.4 Å². The molecule has 0 saturated carbocycles. The van der Waals surface area contributed by atoms with Gasteiger partial charge in [-0.15, -0.1) is 21.5 Å². The number of methoxy groups -OCH3 is 1. The Bertz CT molecular complexity index is 1270. The Morgan fingerprint density at radius 2 is 1.78 bits per heavy atom. The van der Waals surface area contributed by atoms with Gasteiger partial charge in [0.25, 0.3) is 5.91 Å². The number of thioether (sulfide) groups is 1. The van der Waals surface area contributed by atoms with Crippen molar-refractivity contribution in [2.75, 3.05) is 25.3 Å². The zero-order valence-corrected chi connectivity index (χ0v) is 22.1. The van der Waals surface area contributed by atoms with Gasteiger partial charge in [0, 0.05) is 10.6 Å². The van der Waals surface area contributed by atoms with E-state index < -0.39 is 24.5 Å². The molecule has 2 aromatic heterocycles. The summed E-state index contributed by atoms with van der Waals surface area (Å²) in [6.07, 6.45) is 7.88. The number of thiophene rings is 1. The Labute approximate surface area is 217 Å². The number of hydrogen-bond acceptors (Lipinski definition) is 9. The number of hydrogen-bond donors (Lipinski definition) is 1. The molecule has 2 heterocycles. The molecule has 1 aliphatic rings. The van der Waals surface area contributed by atoms with Crippen molar-refractivity contribution in [3.8, 4) is 5.69 Å². The summed E-state index contributed by atoms with van der Waals surface area (Å²) in [6.45, 7) is 1.39. The monoisotopic (exact) mass is 528 g/mol. The van der Waals surface area contributed by atoms with Crippen molar-refractivity contribution >= 4 is 45.9 Å². The first-order valence-corrected chi connectivity index (χ1v) is 13.7. The molecule has 0 atom stereocenters. The van der Waals surface area contributed by atoms with Crippen molar-refractivity contribution in [2.45, 2.75) is 50.6 Å². The lowest BCUT2D eigenvalue weighted by Gasteiger charge is -2.11. The van der Waals surface area contributed by atoms with E-state index in [9.17, 15) is 14.4 Å². The molecule has 0 radical (unpaired) electrons. The number of aryl methyl sites for hydroxylation is 2. The number of nitrogens with one attached hydrogen (secondary N) is 1. The number of ether oxygens (including phenoxy) is 2. The van der Waals surface area contributed by atoms with E-state index >= 15 is 0 Å². The molecule has 9 nitrogen and oxygen atoms in total. The van der Waals surface area contributed by atoms with Crippen LogP contribution < -0.4 is 5.32 Å². The molecule has 4 rings (SSSR count). The highest BCUT2D eigenvalue weighted by Gasteiger charge is 2.26. The lowest BCUT2D eigenvalue weighted by atomic mass is 9.96. The highest BCUT2D eigenvalue weighted by molar-refractivity contribution is 7.98. The van der Waals surface area contributed by atoms with Crippen molar-refractivity contribution < 1.29 is 23.9 Å². The number of nitrogens with zero attached hydrogens (tertiary/aromatic N) is 3. The molecule has 1 amide bonds. The van der Waals surface area contributed by atoms with Crippen LogP contribution >= 0.6 is 23.1 Å². The minimum absolute atomic E-state index is 0.317. The SMILES string of the molecule is COC(=O)c1c(NC(=O)COC(=O)c2ccc(-n3c(C)nnc3SC)cc2)sc2c1CCCCCC2. The Hall–Kier alpha value is -3.18. The van der Waals surface area contributed by atoms with Crippen LogP contribution in [0.1, 0.15) is 62.7 Å². The van der Waals surface area contributed by atoms with Gasteiger partial charge in [0.1, 0.15) is 10.8 Å². The number of carbonyl (C=O) groups is 3. The van der Waals surface area contributed by atoms with E-state index in [1.165, 1.54) is 30.2 Å². The Morgan fingerprint density at radius 1 is 1.06 bits per heavy atom. The number of fused-ring (bicyclic) bond motifs is 1. The molecule has 1 aromatic carbocycles. The summed E-state index contributed by atoms with van der Waals surface area (Å²) in [7, 11) is 1.33. The van der Waals surface area contributed by atoms with Gasteiger partial charge in [0.15, 0.2) is 11.8 Å². The molecule has 0 bridgehead atoms. The van der Waals surface area contributed by atoms with Crippen LogP contribution in [0.25, 0.3) is 5.69 Å². The maximum absolute atomic E-state index is 12.6. The van der Waals surface area contributed by atoms with Crippen molar-refractivity contribution in [3.05, 3.63) is 51.7 Å². The molecule has 0 fully saturated rings. The third-order valence-electron chi connectivity index (χ3n) is 5.99. The van der Waals surface area contributed by atoms with E-state index in [2.05, 4.69) is 15.5 Å². The maximum Gasteiger partial charge on any atom is 0.341 e. The molecule has 1 aliphatic carbocycles. The third-order valence-corrected chi connectivity index (χ3v) is 7.82. The van der Waals surface area contributed by atoms with Gasteiger partial charge in [-0.25, -0.2) is 9.59 Å². The average Bonchev–Trinajstić information content (AvgIpc) is 3.41. The van der Waals surface area contributed by atoms with Crippen LogP contribution in [0.3, 0.4) is 0 Å². The second-order valence-corrected chi connectivity index (χ2v) is 10.2. The predicted octanol–water partition coefficient (Wildman–Crippen LogP) is 4.60. The fourth-order valence-electron chi connectivity index (χ4n) is 4.22. The topological polar surface area (TPSA) is 112 Å². The highest BCUT2D eigenvalue weighted by Crippen LogP contribution is 2.37. The van der Waals surface area contributed by atoms with E-state index in [0.29, 0.717) is 16.1 Å². The van der Waals surface area contributed by atoms with Crippen molar-refractivity contribution in [3.63, 3.8) is 0 Å². The zero-order chi connectivity index (χ0) is 25.7. The lowest BCUT2D eigenvalue weighted by molar-refractivity contribution is -0.119.